The molecule has 2 amide bonds. The van der Waals surface area contributed by atoms with Crippen LogP contribution in [0.5, 0.6) is 0 Å². The van der Waals surface area contributed by atoms with Crippen LogP contribution in [0, 0.1) is 0 Å². The first kappa shape index (κ1) is 17.9. The molecule has 122 valence electrons. The maximum atomic E-state index is 12.3. The highest BCUT2D eigenvalue weighted by atomic mass is 16.2. The lowest BCUT2D eigenvalue weighted by molar-refractivity contribution is -0.137. The second-order valence-corrected chi connectivity index (χ2v) is 6.05. The van der Waals surface area contributed by atoms with Gasteiger partial charge in [0.15, 0.2) is 0 Å². The zero-order chi connectivity index (χ0) is 15.8. The fourth-order valence-electron chi connectivity index (χ4n) is 2.57. The first-order valence-electron chi connectivity index (χ1n) is 7.92. The molecule has 0 radical (unpaired) electrons. The fraction of sp³-hybridized carbons (Fsp3) is 0.867. The van der Waals surface area contributed by atoms with Gasteiger partial charge in [-0.2, -0.15) is 0 Å². The van der Waals surface area contributed by atoms with E-state index < -0.39 is 0 Å². The first-order chi connectivity index (χ1) is 9.93. The summed E-state index contributed by atoms with van der Waals surface area (Å²) < 4.78 is 0. The van der Waals surface area contributed by atoms with E-state index in [2.05, 4.69) is 15.5 Å². The normalized spacial score (nSPS) is 18.9. The van der Waals surface area contributed by atoms with Crippen LogP contribution in [-0.4, -0.2) is 73.5 Å². The average Bonchev–Trinajstić information content (AvgIpc) is 2.44. The summed E-state index contributed by atoms with van der Waals surface area (Å²) in [5, 5.41) is 6.18. The summed E-state index contributed by atoms with van der Waals surface area (Å²) in [6.45, 7) is 8.81. The van der Waals surface area contributed by atoms with Gasteiger partial charge in [-0.3, -0.25) is 14.5 Å². The molecule has 0 aromatic heterocycles. The standard InChI is InChI=1S/C15H30N4O2/c1-5-19(10-14(20)17-12(2)3)15(21)11-18(4)13-7-6-8-16-9-13/h12-13,16H,5-11H2,1-4H3,(H,17,20). The van der Waals surface area contributed by atoms with Crippen LogP contribution in [0.15, 0.2) is 0 Å². The molecule has 0 aliphatic carbocycles. The number of nitrogens with zero attached hydrogens (tertiary/aromatic N) is 2. The summed E-state index contributed by atoms with van der Waals surface area (Å²) in [5.74, 6) is -0.0772. The van der Waals surface area contributed by atoms with E-state index in [1.54, 1.807) is 4.90 Å². The molecule has 1 atom stereocenters. The average molecular weight is 298 g/mol. The van der Waals surface area contributed by atoms with E-state index in [0.29, 0.717) is 19.1 Å². The summed E-state index contributed by atoms with van der Waals surface area (Å²) in [6.07, 6.45) is 2.27. The van der Waals surface area contributed by atoms with Crippen molar-refractivity contribution in [3.8, 4) is 0 Å². The van der Waals surface area contributed by atoms with Gasteiger partial charge in [0.25, 0.3) is 0 Å². The van der Waals surface area contributed by atoms with Crippen molar-refractivity contribution in [2.45, 2.75) is 45.7 Å². The number of hydrogen-bond acceptors (Lipinski definition) is 4. The maximum absolute atomic E-state index is 12.3. The minimum Gasteiger partial charge on any atom is -0.352 e. The molecule has 1 heterocycles. The number of likely N-dealkylation sites (N-methyl/N-ethyl adjacent to an activating group) is 2. The summed E-state index contributed by atoms with van der Waals surface area (Å²) in [7, 11) is 1.98. The summed E-state index contributed by atoms with van der Waals surface area (Å²) in [6, 6.07) is 0.508. The summed E-state index contributed by atoms with van der Waals surface area (Å²) in [5.41, 5.74) is 0. The van der Waals surface area contributed by atoms with E-state index >= 15 is 0 Å². The lowest BCUT2D eigenvalue weighted by Crippen LogP contribution is -2.50. The van der Waals surface area contributed by atoms with Gasteiger partial charge in [-0.25, -0.2) is 0 Å². The van der Waals surface area contributed by atoms with Gasteiger partial charge in [0.05, 0.1) is 13.1 Å². The van der Waals surface area contributed by atoms with Gasteiger partial charge in [0.2, 0.25) is 11.8 Å². The Morgan fingerprint density at radius 2 is 2.05 bits per heavy atom. The highest BCUT2D eigenvalue weighted by Crippen LogP contribution is 2.08. The Kier molecular flexibility index (Phi) is 7.67. The SMILES string of the molecule is CCN(CC(=O)NC(C)C)C(=O)CN(C)C1CCCNC1. The van der Waals surface area contributed by atoms with Crippen molar-refractivity contribution >= 4 is 11.8 Å². The van der Waals surface area contributed by atoms with Gasteiger partial charge in [-0.15, -0.1) is 0 Å². The Bertz CT molecular complexity index is 341. The van der Waals surface area contributed by atoms with Crippen LogP contribution in [0.25, 0.3) is 0 Å². The summed E-state index contributed by atoms with van der Waals surface area (Å²) in [4.78, 5) is 27.8. The zero-order valence-electron chi connectivity index (χ0n) is 13.8. The second kappa shape index (κ2) is 9.00. The number of carbonyl (C=O) groups excluding carboxylic acids is 2. The molecule has 1 aliphatic heterocycles. The van der Waals surface area contributed by atoms with Crippen LogP contribution in [0.2, 0.25) is 0 Å². The predicted octanol–water partition coefficient (Wildman–Crippen LogP) is 0.0433. The van der Waals surface area contributed by atoms with Crippen molar-refractivity contribution in [1.29, 1.82) is 0 Å². The molecule has 6 nitrogen and oxygen atoms in total. The smallest absolute Gasteiger partial charge is 0.239 e. The Morgan fingerprint density at radius 1 is 1.33 bits per heavy atom. The molecule has 0 aromatic carbocycles. The largest absolute Gasteiger partial charge is 0.352 e. The lowest BCUT2D eigenvalue weighted by Gasteiger charge is -2.32. The Hall–Kier alpha value is -1.14. The molecule has 0 spiro atoms. The van der Waals surface area contributed by atoms with Gasteiger partial charge < -0.3 is 15.5 Å². The number of carbonyl (C=O) groups is 2. The number of rotatable bonds is 7. The van der Waals surface area contributed by atoms with E-state index in [1.807, 2.05) is 27.8 Å². The molecule has 2 N–H and O–H groups in total. The zero-order valence-corrected chi connectivity index (χ0v) is 13.8. The Labute approximate surface area is 128 Å². The minimum absolute atomic E-state index is 0.0180. The molecule has 21 heavy (non-hydrogen) atoms. The summed E-state index contributed by atoms with van der Waals surface area (Å²) >= 11 is 0. The molecule has 1 saturated heterocycles. The molecule has 1 unspecified atom stereocenters. The third kappa shape index (κ3) is 6.44. The molecule has 1 aliphatic rings. The minimum atomic E-state index is -0.0952. The first-order valence-corrected chi connectivity index (χ1v) is 7.92. The molecule has 0 bridgehead atoms. The van der Waals surface area contributed by atoms with Crippen LogP contribution >= 0.6 is 0 Å². The molecule has 1 fully saturated rings. The van der Waals surface area contributed by atoms with Crippen LogP contribution in [0.4, 0.5) is 0 Å². The quantitative estimate of drug-likeness (QED) is 0.697. The van der Waals surface area contributed by atoms with E-state index in [9.17, 15) is 9.59 Å². The highest BCUT2D eigenvalue weighted by Gasteiger charge is 2.22. The van der Waals surface area contributed by atoms with Crippen molar-refractivity contribution in [3.63, 3.8) is 0 Å². The lowest BCUT2D eigenvalue weighted by atomic mass is 10.1. The van der Waals surface area contributed by atoms with Crippen LogP contribution in [-0.2, 0) is 9.59 Å². The van der Waals surface area contributed by atoms with Gasteiger partial charge >= 0.3 is 0 Å². The topological polar surface area (TPSA) is 64.7 Å². The number of piperidine rings is 1. The molecule has 0 aromatic rings. The van der Waals surface area contributed by atoms with Crippen molar-refractivity contribution in [1.82, 2.24) is 20.4 Å². The van der Waals surface area contributed by atoms with Crippen molar-refractivity contribution in [3.05, 3.63) is 0 Å². The number of hydrogen-bond donors (Lipinski definition) is 2. The Morgan fingerprint density at radius 3 is 2.57 bits per heavy atom. The molecule has 6 heteroatoms. The third-order valence-corrected chi connectivity index (χ3v) is 3.80. The van der Waals surface area contributed by atoms with E-state index in [4.69, 9.17) is 0 Å². The molecule has 0 saturated carbocycles. The van der Waals surface area contributed by atoms with Crippen molar-refractivity contribution in [2.75, 3.05) is 39.8 Å². The number of nitrogens with one attached hydrogen (secondary N) is 2. The van der Waals surface area contributed by atoms with Crippen LogP contribution < -0.4 is 10.6 Å². The van der Waals surface area contributed by atoms with Gasteiger partial charge in [0, 0.05) is 25.2 Å². The second-order valence-electron chi connectivity index (χ2n) is 6.05. The van der Waals surface area contributed by atoms with E-state index in [0.717, 1.165) is 25.9 Å². The monoisotopic (exact) mass is 298 g/mol. The maximum Gasteiger partial charge on any atom is 0.239 e. The van der Waals surface area contributed by atoms with Crippen LogP contribution in [0.1, 0.15) is 33.6 Å². The van der Waals surface area contributed by atoms with Gasteiger partial charge in [-0.05, 0) is 47.2 Å². The van der Waals surface area contributed by atoms with E-state index in [-0.39, 0.29) is 24.4 Å². The highest BCUT2D eigenvalue weighted by molar-refractivity contribution is 5.85. The van der Waals surface area contributed by atoms with Gasteiger partial charge in [0.1, 0.15) is 0 Å². The molecular weight excluding hydrogens is 268 g/mol. The third-order valence-electron chi connectivity index (χ3n) is 3.80. The van der Waals surface area contributed by atoms with E-state index in [1.165, 1.54) is 0 Å². The Balaban J connectivity index is 2.44. The molecule has 1 rings (SSSR count). The molecular formula is C15H30N4O2. The predicted molar refractivity (Wildman–Crippen MR) is 84.1 cm³/mol. The van der Waals surface area contributed by atoms with Crippen LogP contribution in [0.3, 0.4) is 0 Å². The van der Waals surface area contributed by atoms with Crippen molar-refractivity contribution in [2.24, 2.45) is 0 Å². The fourth-order valence-corrected chi connectivity index (χ4v) is 2.57. The van der Waals surface area contributed by atoms with Gasteiger partial charge in [-0.1, -0.05) is 0 Å². The number of amides is 2. The van der Waals surface area contributed by atoms with Crippen molar-refractivity contribution < 1.29 is 9.59 Å².